The van der Waals surface area contributed by atoms with Gasteiger partial charge in [0.05, 0.1) is 0 Å². The van der Waals surface area contributed by atoms with Gasteiger partial charge in [-0.3, -0.25) is 0 Å². The molecule has 0 aromatic rings. The molecule has 0 bridgehead atoms. The summed E-state index contributed by atoms with van der Waals surface area (Å²) in [5.41, 5.74) is 0. The van der Waals surface area contributed by atoms with Gasteiger partial charge in [0.1, 0.15) is 0 Å². The second-order valence-electron chi connectivity index (χ2n) is 4.91. The van der Waals surface area contributed by atoms with Crippen molar-refractivity contribution in [3.8, 4) is 0 Å². The first kappa shape index (κ1) is 14.9. The van der Waals surface area contributed by atoms with Gasteiger partial charge in [0.25, 0.3) is 0 Å². The molecule has 0 saturated carbocycles. The smallest absolute Gasteiger partial charge is 0.0104 e. The van der Waals surface area contributed by atoms with Crippen molar-refractivity contribution in [2.24, 2.45) is 5.92 Å². The first-order valence-corrected chi connectivity index (χ1v) is 6.50. The average Bonchev–Trinajstić information content (AvgIpc) is 2.21. The molecule has 0 aliphatic rings. The van der Waals surface area contributed by atoms with Crippen LogP contribution in [0.4, 0.5) is 0 Å². The first-order valence-electron chi connectivity index (χ1n) is 6.50. The van der Waals surface area contributed by atoms with Crippen molar-refractivity contribution < 1.29 is 0 Å². The Morgan fingerprint density at radius 3 is 2.07 bits per heavy atom. The van der Waals surface area contributed by atoms with Gasteiger partial charge in [-0.2, -0.15) is 0 Å². The van der Waals surface area contributed by atoms with E-state index in [1.807, 2.05) is 0 Å². The van der Waals surface area contributed by atoms with Crippen molar-refractivity contribution in [2.45, 2.75) is 60.0 Å². The first-order chi connectivity index (χ1) is 7.02. The van der Waals surface area contributed by atoms with E-state index in [1.165, 1.54) is 19.5 Å². The third kappa shape index (κ3) is 6.16. The Morgan fingerprint density at radius 1 is 1.07 bits per heavy atom. The Bertz CT molecular complexity index is 145. The molecule has 2 heteroatoms. The van der Waals surface area contributed by atoms with E-state index < -0.39 is 0 Å². The van der Waals surface area contributed by atoms with Gasteiger partial charge in [-0.25, -0.2) is 0 Å². The lowest BCUT2D eigenvalue weighted by atomic mass is 10.0. The Labute approximate surface area is 96.4 Å². The zero-order valence-electron chi connectivity index (χ0n) is 11.5. The summed E-state index contributed by atoms with van der Waals surface area (Å²) in [6, 6.07) is 1.28. The van der Waals surface area contributed by atoms with Crippen LogP contribution < -0.4 is 5.32 Å². The normalized spacial score (nSPS) is 16.0. The van der Waals surface area contributed by atoms with E-state index in [9.17, 15) is 0 Å². The zero-order valence-corrected chi connectivity index (χ0v) is 11.5. The lowest BCUT2D eigenvalue weighted by Crippen LogP contribution is -2.42. The van der Waals surface area contributed by atoms with E-state index in [4.69, 9.17) is 0 Å². The van der Waals surface area contributed by atoms with Crippen LogP contribution in [0.2, 0.25) is 0 Å². The maximum absolute atomic E-state index is 3.52. The Balaban J connectivity index is 3.97. The minimum Gasteiger partial charge on any atom is -0.314 e. The highest BCUT2D eigenvalue weighted by molar-refractivity contribution is 4.74. The number of hydrogen-bond acceptors (Lipinski definition) is 2. The molecule has 2 atom stereocenters. The molecule has 0 aliphatic heterocycles. The van der Waals surface area contributed by atoms with E-state index in [-0.39, 0.29) is 0 Å². The highest BCUT2D eigenvalue weighted by Gasteiger charge is 2.17. The second kappa shape index (κ2) is 8.12. The fraction of sp³-hybridized carbons (Fsp3) is 1.00. The van der Waals surface area contributed by atoms with Crippen LogP contribution in [0.1, 0.15) is 48.0 Å². The van der Waals surface area contributed by atoms with Crippen LogP contribution in [-0.2, 0) is 0 Å². The van der Waals surface area contributed by atoms with Gasteiger partial charge < -0.3 is 10.2 Å². The topological polar surface area (TPSA) is 15.3 Å². The van der Waals surface area contributed by atoms with Gasteiger partial charge in [0.2, 0.25) is 0 Å². The lowest BCUT2D eigenvalue weighted by Gasteiger charge is -2.32. The summed E-state index contributed by atoms with van der Waals surface area (Å²) in [5.74, 6) is 0.721. The SMILES string of the molecule is CCCN(CC)C(C)C(C)CNC(C)C. The summed E-state index contributed by atoms with van der Waals surface area (Å²) in [6.07, 6.45) is 1.25. The molecule has 2 unspecified atom stereocenters. The van der Waals surface area contributed by atoms with Crippen molar-refractivity contribution in [2.75, 3.05) is 19.6 Å². The minimum absolute atomic E-state index is 0.598. The van der Waals surface area contributed by atoms with Gasteiger partial charge in [0, 0.05) is 12.1 Å². The maximum atomic E-state index is 3.52. The average molecular weight is 214 g/mol. The van der Waals surface area contributed by atoms with Gasteiger partial charge in [-0.05, 0) is 38.9 Å². The van der Waals surface area contributed by atoms with E-state index in [2.05, 4.69) is 51.8 Å². The summed E-state index contributed by atoms with van der Waals surface area (Å²) < 4.78 is 0. The molecule has 0 fully saturated rings. The van der Waals surface area contributed by atoms with Crippen molar-refractivity contribution in [3.05, 3.63) is 0 Å². The Hall–Kier alpha value is -0.0800. The van der Waals surface area contributed by atoms with Gasteiger partial charge in [-0.15, -0.1) is 0 Å². The van der Waals surface area contributed by atoms with Crippen molar-refractivity contribution in [3.63, 3.8) is 0 Å². The van der Waals surface area contributed by atoms with Crippen molar-refractivity contribution >= 4 is 0 Å². The van der Waals surface area contributed by atoms with Crippen LogP contribution in [-0.4, -0.2) is 36.6 Å². The highest BCUT2D eigenvalue weighted by atomic mass is 15.1. The molecule has 0 rings (SSSR count). The lowest BCUT2D eigenvalue weighted by molar-refractivity contribution is 0.166. The van der Waals surface area contributed by atoms with E-state index in [1.54, 1.807) is 0 Å². The van der Waals surface area contributed by atoms with Gasteiger partial charge in [0.15, 0.2) is 0 Å². The van der Waals surface area contributed by atoms with Crippen LogP contribution >= 0.6 is 0 Å². The minimum atomic E-state index is 0.598. The van der Waals surface area contributed by atoms with Crippen LogP contribution in [0, 0.1) is 5.92 Å². The van der Waals surface area contributed by atoms with Gasteiger partial charge >= 0.3 is 0 Å². The fourth-order valence-electron chi connectivity index (χ4n) is 1.89. The third-order valence-electron chi connectivity index (χ3n) is 3.16. The van der Waals surface area contributed by atoms with Gasteiger partial charge in [-0.1, -0.05) is 34.6 Å². The number of rotatable bonds is 8. The van der Waals surface area contributed by atoms with Crippen LogP contribution in [0.15, 0.2) is 0 Å². The molecular weight excluding hydrogens is 184 g/mol. The van der Waals surface area contributed by atoms with E-state index in [0.29, 0.717) is 12.1 Å². The number of nitrogens with one attached hydrogen (secondary N) is 1. The molecule has 0 aliphatic carbocycles. The van der Waals surface area contributed by atoms with Crippen molar-refractivity contribution in [1.29, 1.82) is 0 Å². The highest BCUT2D eigenvalue weighted by Crippen LogP contribution is 2.10. The largest absolute Gasteiger partial charge is 0.314 e. The van der Waals surface area contributed by atoms with Crippen LogP contribution in [0.25, 0.3) is 0 Å². The molecule has 15 heavy (non-hydrogen) atoms. The fourth-order valence-corrected chi connectivity index (χ4v) is 1.89. The molecule has 0 spiro atoms. The predicted molar refractivity (Wildman–Crippen MR) is 69.3 cm³/mol. The van der Waals surface area contributed by atoms with Crippen molar-refractivity contribution in [1.82, 2.24) is 10.2 Å². The van der Waals surface area contributed by atoms with Crippen LogP contribution in [0.5, 0.6) is 0 Å². The molecule has 92 valence electrons. The molecular formula is C13H30N2. The molecule has 0 saturated heterocycles. The molecule has 0 aromatic carbocycles. The molecule has 0 heterocycles. The Morgan fingerprint density at radius 2 is 1.67 bits per heavy atom. The molecule has 2 nitrogen and oxygen atoms in total. The number of hydrogen-bond donors (Lipinski definition) is 1. The molecule has 0 aromatic heterocycles. The van der Waals surface area contributed by atoms with E-state index in [0.717, 1.165) is 12.5 Å². The third-order valence-corrected chi connectivity index (χ3v) is 3.16. The predicted octanol–water partition coefficient (Wildman–Crippen LogP) is 2.74. The standard InChI is InChI=1S/C13H30N2/c1-7-9-15(8-2)13(6)12(5)10-14-11(3)4/h11-14H,7-10H2,1-6H3. The zero-order chi connectivity index (χ0) is 11.8. The molecule has 0 radical (unpaired) electrons. The molecule has 0 amide bonds. The summed E-state index contributed by atoms with van der Waals surface area (Å²) in [5, 5.41) is 3.52. The summed E-state index contributed by atoms with van der Waals surface area (Å²) in [6.45, 7) is 17.1. The maximum Gasteiger partial charge on any atom is 0.0104 e. The Kier molecular flexibility index (Phi) is 8.07. The summed E-state index contributed by atoms with van der Waals surface area (Å²) in [7, 11) is 0. The summed E-state index contributed by atoms with van der Waals surface area (Å²) >= 11 is 0. The summed E-state index contributed by atoms with van der Waals surface area (Å²) in [4.78, 5) is 2.58. The van der Waals surface area contributed by atoms with Crippen LogP contribution in [0.3, 0.4) is 0 Å². The van der Waals surface area contributed by atoms with E-state index >= 15 is 0 Å². The monoisotopic (exact) mass is 214 g/mol. The second-order valence-corrected chi connectivity index (χ2v) is 4.91. The quantitative estimate of drug-likeness (QED) is 0.668. The number of nitrogens with zero attached hydrogens (tertiary/aromatic N) is 1. The molecule has 1 N–H and O–H groups in total.